The van der Waals surface area contributed by atoms with Crippen LogP contribution in [0, 0.1) is 0 Å². The van der Waals surface area contributed by atoms with Gasteiger partial charge < -0.3 is 15.7 Å². The Hall–Kier alpha value is -3.10. The van der Waals surface area contributed by atoms with Gasteiger partial charge in [0.1, 0.15) is 17.1 Å². The van der Waals surface area contributed by atoms with Crippen molar-refractivity contribution < 1.29 is 14.7 Å². The number of rotatable bonds is 4. The lowest BCUT2D eigenvalue weighted by Crippen LogP contribution is -2.25. The minimum atomic E-state index is -1.13. The topological polar surface area (TPSA) is 96.2 Å². The van der Waals surface area contributed by atoms with Crippen LogP contribution in [0.4, 0.5) is 11.5 Å². The van der Waals surface area contributed by atoms with Gasteiger partial charge in [-0.25, -0.2) is 9.48 Å². The van der Waals surface area contributed by atoms with Crippen LogP contribution >= 0.6 is 27.5 Å². The zero-order chi connectivity index (χ0) is 20.5. The van der Waals surface area contributed by atoms with Crippen LogP contribution in [0.25, 0.3) is 0 Å². The highest BCUT2D eigenvalue weighted by molar-refractivity contribution is 9.10. The Labute approximate surface area is 179 Å². The van der Waals surface area contributed by atoms with Crippen LogP contribution in [0.1, 0.15) is 22.0 Å². The van der Waals surface area contributed by atoms with E-state index in [2.05, 4.69) is 31.7 Å². The van der Waals surface area contributed by atoms with Gasteiger partial charge in [0, 0.05) is 4.47 Å². The van der Waals surface area contributed by atoms with Crippen LogP contribution in [0.15, 0.2) is 71.0 Å². The molecule has 1 atom stereocenters. The molecule has 0 saturated heterocycles. The SMILES string of the molecule is O=C(O)C1=C[C@@H](c2cccc(Br)c2)n2ncc(C(=O)Nc3ccccc3Cl)c2N1. The second kappa shape index (κ2) is 7.73. The maximum atomic E-state index is 12.8. The third-order valence-corrected chi connectivity index (χ3v) is 5.25. The minimum Gasteiger partial charge on any atom is -0.477 e. The van der Waals surface area contributed by atoms with Gasteiger partial charge in [-0.1, -0.05) is 51.8 Å². The van der Waals surface area contributed by atoms with Crippen LogP contribution < -0.4 is 10.6 Å². The molecule has 3 aromatic rings. The van der Waals surface area contributed by atoms with E-state index in [9.17, 15) is 14.7 Å². The van der Waals surface area contributed by atoms with Gasteiger partial charge in [-0.2, -0.15) is 5.10 Å². The molecule has 0 aliphatic carbocycles. The van der Waals surface area contributed by atoms with Crippen molar-refractivity contribution in [3.63, 3.8) is 0 Å². The first-order valence-electron chi connectivity index (χ1n) is 8.55. The number of nitrogens with zero attached hydrogens (tertiary/aromatic N) is 2. The zero-order valence-electron chi connectivity index (χ0n) is 14.8. The molecule has 29 heavy (non-hydrogen) atoms. The summed E-state index contributed by atoms with van der Waals surface area (Å²) in [5.41, 5.74) is 1.45. The number of benzene rings is 2. The Kier molecular flexibility index (Phi) is 5.12. The van der Waals surface area contributed by atoms with E-state index >= 15 is 0 Å². The molecule has 0 saturated carbocycles. The number of aromatic nitrogens is 2. The van der Waals surface area contributed by atoms with Gasteiger partial charge in [0.15, 0.2) is 0 Å². The minimum absolute atomic E-state index is 0.0326. The highest BCUT2D eigenvalue weighted by Crippen LogP contribution is 2.33. The van der Waals surface area contributed by atoms with E-state index in [1.54, 1.807) is 35.0 Å². The largest absolute Gasteiger partial charge is 0.477 e. The lowest BCUT2D eigenvalue weighted by atomic mass is 10.0. The number of anilines is 2. The Bertz CT molecular complexity index is 1160. The number of fused-ring (bicyclic) bond motifs is 1. The first kappa shape index (κ1) is 19.2. The monoisotopic (exact) mass is 472 g/mol. The van der Waals surface area contributed by atoms with Crippen LogP contribution in [0.2, 0.25) is 5.02 Å². The lowest BCUT2D eigenvalue weighted by molar-refractivity contribution is -0.132. The van der Waals surface area contributed by atoms with Crippen molar-refractivity contribution in [2.75, 3.05) is 10.6 Å². The van der Waals surface area contributed by atoms with E-state index in [4.69, 9.17) is 11.6 Å². The molecule has 4 rings (SSSR count). The number of nitrogens with one attached hydrogen (secondary N) is 2. The molecule has 1 amide bonds. The number of carboxylic acid groups (broad SMARTS) is 1. The number of hydrogen-bond acceptors (Lipinski definition) is 4. The second-order valence-corrected chi connectivity index (χ2v) is 7.62. The molecular formula is C20H14BrClN4O3. The van der Waals surface area contributed by atoms with E-state index in [1.807, 2.05) is 24.3 Å². The standard InChI is InChI=1S/C20H14BrClN4O3/c21-12-5-3-4-11(8-12)17-9-16(20(28)29)24-18-13(10-23-26(17)18)19(27)25-15-7-2-1-6-14(15)22/h1-10,17,24H,(H,25,27)(H,28,29)/t17-/m0/s1. The van der Waals surface area contributed by atoms with Crippen LogP contribution in [0.5, 0.6) is 0 Å². The summed E-state index contributed by atoms with van der Waals surface area (Å²) < 4.78 is 2.43. The maximum absolute atomic E-state index is 12.8. The number of aliphatic carboxylic acids is 1. The van der Waals surface area contributed by atoms with Gasteiger partial charge in [0.25, 0.3) is 5.91 Å². The normalized spacial score (nSPS) is 15.1. The number of carboxylic acids is 1. The third kappa shape index (κ3) is 3.76. The number of halogens is 2. The molecule has 9 heteroatoms. The van der Waals surface area contributed by atoms with Gasteiger partial charge in [0.2, 0.25) is 0 Å². The quantitative estimate of drug-likeness (QED) is 0.517. The Morgan fingerprint density at radius 3 is 2.72 bits per heavy atom. The highest BCUT2D eigenvalue weighted by atomic mass is 79.9. The molecule has 0 spiro atoms. The Balaban J connectivity index is 1.74. The van der Waals surface area contributed by atoms with Gasteiger partial charge >= 0.3 is 5.97 Å². The summed E-state index contributed by atoms with van der Waals surface area (Å²) in [5, 5.41) is 19.8. The van der Waals surface area contributed by atoms with Crippen LogP contribution in [-0.2, 0) is 4.79 Å². The van der Waals surface area contributed by atoms with Crippen molar-refractivity contribution in [3.05, 3.63) is 87.1 Å². The summed E-state index contributed by atoms with van der Waals surface area (Å²) in [5.74, 6) is -1.29. The Morgan fingerprint density at radius 1 is 1.21 bits per heavy atom. The van der Waals surface area contributed by atoms with E-state index in [-0.39, 0.29) is 11.3 Å². The van der Waals surface area contributed by atoms with Crippen molar-refractivity contribution in [2.45, 2.75) is 6.04 Å². The summed E-state index contributed by atoms with van der Waals surface area (Å²) >= 11 is 9.54. The van der Waals surface area contributed by atoms with Crippen molar-refractivity contribution in [3.8, 4) is 0 Å². The van der Waals surface area contributed by atoms with E-state index in [1.165, 1.54) is 6.20 Å². The molecule has 2 heterocycles. The maximum Gasteiger partial charge on any atom is 0.352 e. The van der Waals surface area contributed by atoms with E-state index < -0.39 is 17.9 Å². The van der Waals surface area contributed by atoms with Gasteiger partial charge in [-0.05, 0) is 35.9 Å². The fourth-order valence-corrected chi connectivity index (χ4v) is 3.67. The smallest absolute Gasteiger partial charge is 0.352 e. The van der Waals surface area contributed by atoms with Crippen LogP contribution in [0.3, 0.4) is 0 Å². The van der Waals surface area contributed by atoms with Crippen molar-refractivity contribution in [2.24, 2.45) is 0 Å². The van der Waals surface area contributed by atoms with E-state index in [0.29, 0.717) is 16.5 Å². The molecule has 146 valence electrons. The predicted molar refractivity (Wildman–Crippen MR) is 113 cm³/mol. The summed E-state index contributed by atoms with van der Waals surface area (Å²) in [6.45, 7) is 0. The number of carbonyl (C=O) groups is 2. The number of carbonyl (C=O) groups excluding carboxylic acids is 1. The molecule has 0 unspecified atom stereocenters. The number of para-hydroxylation sites is 1. The molecule has 1 aliphatic rings. The number of allylic oxidation sites excluding steroid dienone is 1. The first-order valence-corrected chi connectivity index (χ1v) is 9.72. The number of amides is 1. The zero-order valence-corrected chi connectivity index (χ0v) is 17.1. The van der Waals surface area contributed by atoms with Gasteiger partial charge in [-0.3, -0.25) is 4.79 Å². The van der Waals surface area contributed by atoms with Crippen molar-refractivity contribution in [1.82, 2.24) is 9.78 Å². The summed E-state index contributed by atoms with van der Waals surface area (Å²) in [4.78, 5) is 24.5. The molecular weight excluding hydrogens is 460 g/mol. The number of hydrogen-bond donors (Lipinski definition) is 3. The lowest BCUT2D eigenvalue weighted by Gasteiger charge is -2.24. The third-order valence-electron chi connectivity index (χ3n) is 4.42. The predicted octanol–water partition coefficient (Wildman–Crippen LogP) is 4.53. The second-order valence-electron chi connectivity index (χ2n) is 6.30. The molecule has 1 aromatic heterocycles. The summed E-state index contributed by atoms with van der Waals surface area (Å²) in [7, 11) is 0. The van der Waals surface area contributed by atoms with Crippen LogP contribution in [-0.4, -0.2) is 26.8 Å². The Morgan fingerprint density at radius 2 is 2.00 bits per heavy atom. The average Bonchev–Trinajstić information content (AvgIpc) is 3.13. The molecule has 1 aliphatic heterocycles. The molecule has 7 nitrogen and oxygen atoms in total. The summed E-state index contributed by atoms with van der Waals surface area (Å²) in [6.07, 6.45) is 2.96. The fraction of sp³-hybridized carbons (Fsp3) is 0.0500. The average molecular weight is 474 g/mol. The fourth-order valence-electron chi connectivity index (χ4n) is 3.07. The molecule has 2 aromatic carbocycles. The van der Waals surface area contributed by atoms with Gasteiger partial charge in [-0.15, -0.1) is 0 Å². The van der Waals surface area contributed by atoms with Gasteiger partial charge in [0.05, 0.1) is 22.9 Å². The molecule has 0 radical (unpaired) electrons. The molecule has 0 bridgehead atoms. The molecule has 3 N–H and O–H groups in total. The first-order chi connectivity index (χ1) is 13.9. The van der Waals surface area contributed by atoms with Crippen molar-refractivity contribution in [1.29, 1.82) is 0 Å². The highest BCUT2D eigenvalue weighted by Gasteiger charge is 2.29. The summed E-state index contributed by atoms with van der Waals surface area (Å²) in [6, 6.07) is 13.8. The molecule has 0 fully saturated rings. The van der Waals surface area contributed by atoms with E-state index in [0.717, 1.165) is 10.0 Å². The van der Waals surface area contributed by atoms with Crippen molar-refractivity contribution >= 4 is 50.9 Å².